The third kappa shape index (κ3) is 4.66. The van der Waals surface area contributed by atoms with Crippen molar-refractivity contribution < 1.29 is 9.59 Å². The molecule has 4 rings (SSSR count). The quantitative estimate of drug-likeness (QED) is 0.426. The summed E-state index contributed by atoms with van der Waals surface area (Å²) < 4.78 is 1.41. The topological polar surface area (TPSA) is 105 Å². The van der Waals surface area contributed by atoms with Crippen molar-refractivity contribution in [2.75, 3.05) is 5.32 Å². The molecular weight excluding hydrogens is 404 g/mol. The van der Waals surface area contributed by atoms with E-state index in [-0.39, 0.29) is 31.3 Å². The van der Waals surface area contributed by atoms with Gasteiger partial charge in [-0.1, -0.05) is 47.1 Å². The van der Waals surface area contributed by atoms with E-state index in [4.69, 9.17) is 11.6 Å². The van der Waals surface area contributed by atoms with Crippen LogP contribution in [0.4, 0.5) is 5.69 Å². The van der Waals surface area contributed by atoms with Gasteiger partial charge in [0.2, 0.25) is 11.8 Å². The van der Waals surface area contributed by atoms with Crippen LogP contribution in [0.3, 0.4) is 0 Å². The molecule has 0 spiro atoms. The zero-order valence-electron chi connectivity index (χ0n) is 15.9. The molecule has 30 heavy (non-hydrogen) atoms. The highest BCUT2D eigenvalue weighted by atomic mass is 35.5. The Labute approximate surface area is 177 Å². The first-order valence-electron chi connectivity index (χ1n) is 9.33. The van der Waals surface area contributed by atoms with Crippen LogP contribution in [0.5, 0.6) is 0 Å². The Morgan fingerprint density at radius 2 is 1.87 bits per heavy atom. The van der Waals surface area contributed by atoms with Crippen LogP contribution in [0.1, 0.15) is 11.3 Å². The second-order valence-corrected chi connectivity index (χ2v) is 7.16. The normalized spacial score (nSPS) is 10.8. The molecule has 9 heteroatoms. The summed E-state index contributed by atoms with van der Waals surface area (Å²) in [5, 5.41) is 15.0. The molecule has 0 saturated heterocycles. The number of H-pyrrole nitrogens is 1. The number of aromatic amines is 1. The van der Waals surface area contributed by atoms with E-state index in [1.807, 2.05) is 30.5 Å². The lowest BCUT2D eigenvalue weighted by Crippen LogP contribution is -2.24. The minimum absolute atomic E-state index is 0.0124. The van der Waals surface area contributed by atoms with Crippen LogP contribution >= 0.6 is 11.6 Å². The van der Waals surface area contributed by atoms with Gasteiger partial charge in [0, 0.05) is 17.1 Å². The highest BCUT2D eigenvalue weighted by Crippen LogP contribution is 2.20. The molecular formula is C21H19ClN6O2. The van der Waals surface area contributed by atoms with Crippen molar-refractivity contribution in [3.8, 4) is 0 Å². The number of anilines is 1. The van der Waals surface area contributed by atoms with E-state index in [1.54, 1.807) is 30.5 Å². The number of aromatic nitrogens is 4. The van der Waals surface area contributed by atoms with Gasteiger partial charge in [0.15, 0.2) is 0 Å². The lowest BCUT2D eigenvalue weighted by molar-refractivity contribution is -0.120. The summed E-state index contributed by atoms with van der Waals surface area (Å²) in [7, 11) is 0. The lowest BCUT2D eigenvalue weighted by atomic mass is 10.1. The van der Waals surface area contributed by atoms with Crippen molar-refractivity contribution in [2.24, 2.45) is 0 Å². The molecule has 0 unspecified atom stereocenters. The van der Waals surface area contributed by atoms with Crippen molar-refractivity contribution in [3.63, 3.8) is 0 Å². The van der Waals surface area contributed by atoms with Crippen molar-refractivity contribution in [1.29, 1.82) is 0 Å². The summed E-state index contributed by atoms with van der Waals surface area (Å²) in [5.41, 5.74) is 3.03. The van der Waals surface area contributed by atoms with Gasteiger partial charge in [-0.3, -0.25) is 9.59 Å². The van der Waals surface area contributed by atoms with Gasteiger partial charge in [-0.15, -0.1) is 5.10 Å². The first-order valence-corrected chi connectivity index (χ1v) is 9.71. The molecule has 2 amide bonds. The van der Waals surface area contributed by atoms with Gasteiger partial charge >= 0.3 is 0 Å². The molecule has 0 radical (unpaired) electrons. The number of nitrogens with one attached hydrogen (secondary N) is 3. The highest BCUT2D eigenvalue weighted by Gasteiger charge is 2.11. The van der Waals surface area contributed by atoms with Crippen LogP contribution in [-0.4, -0.2) is 31.8 Å². The molecule has 0 saturated carbocycles. The minimum Gasteiger partial charge on any atom is -0.361 e. The summed E-state index contributed by atoms with van der Waals surface area (Å²) in [6, 6.07) is 14.8. The fraction of sp³-hybridized carbons (Fsp3) is 0.143. The maximum absolute atomic E-state index is 12.3. The van der Waals surface area contributed by atoms with E-state index in [1.165, 1.54) is 4.68 Å². The number of hydrogen-bond acceptors (Lipinski definition) is 4. The molecule has 0 bridgehead atoms. The molecule has 3 N–H and O–H groups in total. The number of nitrogens with zero attached hydrogens (tertiary/aromatic N) is 3. The minimum atomic E-state index is -0.275. The highest BCUT2D eigenvalue weighted by molar-refractivity contribution is 6.33. The molecule has 4 aromatic rings. The summed E-state index contributed by atoms with van der Waals surface area (Å²) >= 11 is 6.04. The van der Waals surface area contributed by atoms with Gasteiger partial charge in [-0.25, -0.2) is 4.68 Å². The molecule has 152 valence electrons. The van der Waals surface area contributed by atoms with Gasteiger partial charge in [-0.05, 0) is 23.8 Å². The number of benzene rings is 2. The van der Waals surface area contributed by atoms with Crippen LogP contribution in [0, 0.1) is 0 Å². The van der Waals surface area contributed by atoms with Crippen molar-refractivity contribution in [3.05, 3.63) is 77.2 Å². The fourth-order valence-electron chi connectivity index (χ4n) is 3.10. The SMILES string of the molecule is O=C(Cc1c[nH]c2ccccc12)NCc1cn(CC(=O)Nc2ccccc2Cl)nn1. The average molecular weight is 423 g/mol. The largest absolute Gasteiger partial charge is 0.361 e. The van der Waals surface area contributed by atoms with Crippen LogP contribution < -0.4 is 10.6 Å². The number of halogens is 1. The van der Waals surface area contributed by atoms with Crippen LogP contribution in [0.25, 0.3) is 10.9 Å². The number of para-hydroxylation sites is 2. The Morgan fingerprint density at radius 3 is 2.73 bits per heavy atom. The van der Waals surface area contributed by atoms with E-state index in [0.29, 0.717) is 16.4 Å². The second-order valence-electron chi connectivity index (χ2n) is 6.75. The third-order valence-electron chi connectivity index (χ3n) is 4.53. The van der Waals surface area contributed by atoms with E-state index >= 15 is 0 Å². The molecule has 8 nitrogen and oxygen atoms in total. The van der Waals surface area contributed by atoms with E-state index < -0.39 is 0 Å². The second kappa shape index (κ2) is 8.79. The summed E-state index contributed by atoms with van der Waals surface area (Å²) in [6.45, 7) is 0.217. The number of rotatable bonds is 7. The van der Waals surface area contributed by atoms with Crippen LogP contribution in [0.15, 0.2) is 60.9 Å². The zero-order chi connectivity index (χ0) is 20.9. The molecule has 2 heterocycles. The first kappa shape index (κ1) is 19.7. The average Bonchev–Trinajstić information content (AvgIpc) is 3.35. The van der Waals surface area contributed by atoms with Gasteiger partial charge in [0.05, 0.1) is 29.9 Å². The number of carbonyl (C=O) groups is 2. The molecule has 0 atom stereocenters. The molecule has 0 aliphatic rings. The Balaban J connectivity index is 1.28. The van der Waals surface area contributed by atoms with E-state index in [0.717, 1.165) is 16.5 Å². The zero-order valence-corrected chi connectivity index (χ0v) is 16.7. The van der Waals surface area contributed by atoms with Crippen LogP contribution in [-0.2, 0) is 29.1 Å². The number of carbonyl (C=O) groups excluding carboxylic acids is 2. The number of hydrogen-bond donors (Lipinski definition) is 3. The number of amides is 2. The monoisotopic (exact) mass is 422 g/mol. The molecule has 0 aliphatic carbocycles. The van der Waals surface area contributed by atoms with E-state index in [9.17, 15) is 9.59 Å². The predicted molar refractivity (Wildman–Crippen MR) is 114 cm³/mol. The Bertz CT molecular complexity index is 1200. The van der Waals surface area contributed by atoms with Crippen molar-refractivity contribution >= 4 is 40.0 Å². The summed E-state index contributed by atoms with van der Waals surface area (Å²) in [5.74, 6) is -0.395. The Kier molecular flexibility index (Phi) is 5.76. The van der Waals surface area contributed by atoms with Crippen molar-refractivity contribution in [2.45, 2.75) is 19.5 Å². The Morgan fingerprint density at radius 1 is 1.07 bits per heavy atom. The lowest BCUT2D eigenvalue weighted by Gasteiger charge is -2.06. The number of fused-ring (bicyclic) bond motifs is 1. The maximum Gasteiger partial charge on any atom is 0.246 e. The third-order valence-corrected chi connectivity index (χ3v) is 4.86. The van der Waals surface area contributed by atoms with Gasteiger partial charge in [0.1, 0.15) is 12.2 Å². The van der Waals surface area contributed by atoms with E-state index in [2.05, 4.69) is 25.9 Å². The molecule has 0 fully saturated rings. The molecule has 0 aliphatic heterocycles. The first-order chi connectivity index (χ1) is 14.6. The molecule has 2 aromatic heterocycles. The van der Waals surface area contributed by atoms with Crippen LogP contribution in [0.2, 0.25) is 5.02 Å². The van der Waals surface area contributed by atoms with Gasteiger partial charge in [0.25, 0.3) is 0 Å². The van der Waals surface area contributed by atoms with Gasteiger partial charge in [-0.2, -0.15) is 0 Å². The Hall–Kier alpha value is -3.65. The maximum atomic E-state index is 12.3. The summed E-state index contributed by atoms with van der Waals surface area (Å²) in [4.78, 5) is 27.6. The van der Waals surface area contributed by atoms with Gasteiger partial charge < -0.3 is 15.6 Å². The molecule has 2 aromatic carbocycles. The standard InChI is InChI=1S/C21H19ClN6O2/c22-17-6-2-4-8-19(17)25-21(30)13-28-12-15(26-27-28)11-24-20(29)9-14-10-23-18-7-3-1-5-16(14)18/h1-8,10,12,23H,9,11,13H2,(H,24,29)(H,25,30). The smallest absolute Gasteiger partial charge is 0.246 e. The fourth-order valence-corrected chi connectivity index (χ4v) is 3.28. The summed E-state index contributed by atoms with van der Waals surface area (Å²) in [6.07, 6.45) is 3.73. The van der Waals surface area contributed by atoms with Crippen molar-refractivity contribution in [1.82, 2.24) is 25.3 Å². The predicted octanol–water partition coefficient (Wildman–Crippen LogP) is 2.91.